The molecule has 0 saturated carbocycles. The molecule has 2 heterocycles. The highest BCUT2D eigenvalue weighted by molar-refractivity contribution is 5.98. The van der Waals surface area contributed by atoms with Crippen molar-refractivity contribution in [2.24, 2.45) is 0 Å². The number of morpholine rings is 1. The van der Waals surface area contributed by atoms with Gasteiger partial charge in [-0.05, 0) is 48.0 Å². The molecule has 1 atom stereocenters. The van der Waals surface area contributed by atoms with Gasteiger partial charge < -0.3 is 24.6 Å². The first-order chi connectivity index (χ1) is 18.1. The van der Waals surface area contributed by atoms with Crippen LogP contribution >= 0.6 is 0 Å². The Bertz CT molecular complexity index is 1250. The Morgan fingerprint density at radius 2 is 1.78 bits per heavy atom. The molecule has 2 aliphatic heterocycles. The topological polar surface area (TPSA) is 74.3 Å². The van der Waals surface area contributed by atoms with Gasteiger partial charge in [-0.1, -0.05) is 36.4 Å². The molecule has 3 aromatic rings. The predicted molar refractivity (Wildman–Crippen MR) is 144 cm³/mol. The number of rotatable bonds is 5. The summed E-state index contributed by atoms with van der Waals surface area (Å²) in [5.74, 6) is 0.786. The van der Waals surface area contributed by atoms with Crippen molar-refractivity contribution in [2.45, 2.75) is 12.5 Å². The lowest BCUT2D eigenvalue weighted by atomic mass is 10.1. The van der Waals surface area contributed by atoms with Crippen LogP contribution in [-0.4, -0.2) is 92.3 Å². The molecule has 3 aromatic carbocycles. The van der Waals surface area contributed by atoms with E-state index >= 15 is 0 Å². The van der Waals surface area contributed by atoms with Crippen LogP contribution in [-0.2, 0) is 4.74 Å². The van der Waals surface area contributed by atoms with Gasteiger partial charge in [0.25, 0.3) is 5.91 Å². The van der Waals surface area contributed by atoms with Gasteiger partial charge >= 0.3 is 6.03 Å². The molecule has 1 N–H and O–H groups in total. The van der Waals surface area contributed by atoms with E-state index in [0.29, 0.717) is 37.7 Å². The van der Waals surface area contributed by atoms with Crippen molar-refractivity contribution in [2.75, 3.05) is 64.8 Å². The number of carbonyl (C=O) groups excluding carboxylic acids is 2. The van der Waals surface area contributed by atoms with Crippen LogP contribution in [0.5, 0.6) is 5.75 Å². The number of benzene rings is 3. The Balaban J connectivity index is 1.13. The van der Waals surface area contributed by atoms with Gasteiger partial charge in [0, 0.05) is 56.6 Å². The highest BCUT2D eigenvalue weighted by Gasteiger charge is 2.28. The molecule has 37 heavy (non-hydrogen) atoms. The molecule has 2 aliphatic rings. The summed E-state index contributed by atoms with van der Waals surface area (Å²) >= 11 is 0. The molecule has 0 aromatic heterocycles. The van der Waals surface area contributed by atoms with Crippen LogP contribution in [0, 0.1) is 0 Å². The molecule has 0 radical (unpaired) electrons. The first kappa shape index (κ1) is 25.0. The molecule has 0 spiro atoms. The standard InChI is InChI=1S/C29H34N4O4/c1-36-26-9-4-8-25(19-26)30-29(35)33-16-17-37-27(21-33)20-31-12-5-13-32(15-14-31)28(34)24-11-10-22-6-2-3-7-23(22)18-24/h2-4,6-11,18-19,27H,5,12-17,20-21H2,1H3,(H,30,35)/t27-/m0/s1. The minimum Gasteiger partial charge on any atom is -0.497 e. The largest absolute Gasteiger partial charge is 0.497 e. The van der Waals surface area contributed by atoms with Gasteiger partial charge in [-0.3, -0.25) is 9.69 Å². The van der Waals surface area contributed by atoms with Crippen molar-refractivity contribution in [1.82, 2.24) is 14.7 Å². The number of urea groups is 1. The summed E-state index contributed by atoms with van der Waals surface area (Å²) in [5, 5.41) is 5.18. The van der Waals surface area contributed by atoms with E-state index in [1.807, 2.05) is 59.5 Å². The number of nitrogens with zero attached hydrogens (tertiary/aromatic N) is 3. The predicted octanol–water partition coefficient (Wildman–Crippen LogP) is 3.93. The number of methoxy groups -OCH3 is 1. The fraction of sp³-hybridized carbons (Fsp3) is 0.379. The summed E-state index contributed by atoms with van der Waals surface area (Å²) in [7, 11) is 1.61. The van der Waals surface area contributed by atoms with Crippen LogP contribution in [0.1, 0.15) is 16.8 Å². The van der Waals surface area contributed by atoms with Crippen molar-refractivity contribution in [3.63, 3.8) is 0 Å². The van der Waals surface area contributed by atoms with Crippen LogP contribution in [0.2, 0.25) is 0 Å². The van der Waals surface area contributed by atoms with Crippen LogP contribution in [0.3, 0.4) is 0 Å². The molecule has 0 bridgehead atoms. The molecule has 3 amide bonds. The summed E-state index contributed by atoms with van der Waals surface area (Å²) in [6.07, 6.45) is 0.846. The molecule has 194 valence electrons. The normalized spacial score (nSPS) is 18.9. The van der Waals surface area contributed by atoms with Gasteiger partial charge in [-0.2, -0.15) is 0 Å². The summed E-state index contributed by atoms with van der Waals surface area (Å²) in [6.45, 7) is 5.44. The second kappa shape index (κ2) is 11.6. The second-order valence-corrected chi connectivity index (χ2v) is 9.61. The highest BCUT2D eigenvalue weighted by Crippen LogP contribution is 2.20. The number of hydrogen-bond donors (Lipinski definition) is 1. The highest BCUT2D eigenvalue weighted by atomic mass is 16.5. The fourth-order valence-corrected chi connectivity index (χ4v) is 5.07. The van der Waals surface area contributed by atoms with Crippen LogP contribution < -0.4 is 10.1 Å². The smallest absolute Gasteiger partial charge is 0.322 e. The summed E-state index contributed by atoms with van der Waals surface area (Å²) in [5.41, 5.74) is 1.44. The number of nitrogens with one attached hydrogen (secondary N) is 1. The second-order valence-electron chi connectivity index (χ2n) is 9.61. The van der Waals surface area contributed by atoms with E-state index in [1.165, 1.54) is 0 Å². The van der Waals surface area contributed by atoms with Crippen molar-refractivity contribution in [3.05, 3.63) is 72.3 Å². The third-order valence-corrected chi connectivity index (χ3v) is 7.08. The number of ether oxygens (including phenoxy) is 2. The van der Waals surface area contributed by atoms with E-state index in [-0.39, 0.29) is 18.0 Å². The minimum absolute atomic E-state index is 0.0625. The number of hydrogen-bond acceptors (Lipinski definition) is 5. The van der Waals surface area contributed by atoms with Crippen LogP contribution in [0.15, 0.2) is 66.7 Å². The molecule has 2 fully saturated rings. The number of carbonyl (C=O) groups is 2. The van der Waals surface area contributed by atoms with Crippen LogP contribution in [0.4, 0.5) is 10.5 Å². The molecule has 8 nitrogen and oxygen atoms in total. The van der Waals surface area contributed by atoms with Crippen molar-refractivity contribution >= 4 is 28.4 Å². The van der Waals surface area contributed by atoms with Gasteiger partial charge in [0.1, 0.15) is 5.75 Å². The lowest BCUT2D eigenvalue weighted by molar-refractivity contribution is -0.0283. The quantitative estimate of drug-likeness (QED) is 0.572. The lowest BCUT2D eigenvalue weighted by Crippen LogP contribution is -2.51. The zero-order valence-corrected chi connectivity index (χ0v) is 21.3. The summed E-state index contributed by atoms with van der Waals surface area (Å²) in [6, 6.07) is 21.3. The minimum atomic E-state index is -0.135. The monoisotopic (exact) mass is 502 g/mol. The number of amides is 3. The molecular formula is C29H34N4O4. The Kier molecular flexibility index (Phi) is 7.87. The lowest BCUT2D eigenvalue weighted by Gasteiger charge is -2.35. The summed E-state index contributed by atoms with van der Waals surface area (Å²) in [4.78, 5) is 32.2. The van der Waals surface area contributed by atoms with E-state index in [2.05, 4.69) is 16.3 Å². The van der Waals surface area contributed by atoms with E-state index in [4.69, 9.17) is 9.47 Å². The maximum Gasteiger partial charge on any atom is 0.322 e. The first-order valence-corrected chi connectivity index (χ1v) is 12.9. The van der Waals surface area contributed by atoms with E-state index in [1.54, 1.807) is 18.1 Å². The Morgan fingerprint density at radius 3 is 2.65 bits per heavy atom. The van der Waals surface area contributed by atoms with Crippen molar-refractivity contribution in [1.29, 1.82) is 0 Å². The van der Waals surface area contributed by atoms with Crippen molar-refractivity contribution in [3.8, 4) is 5.75 Å². The first-order valence-electron chi connectivity index (χ1n) is 12.9. The van der Waals surface area contributed by atoms with Gasteiger partial charge in [0.05, 0.1) is 19.8 Å². The number of anilines is 1. The Labute approximate surface area is 217 Å². The van der Waals surface area contributed by atoms with E-state index in [0.717, 1.165) is 48.9 Å². The summed E-state index contributed by atoms with van der Waals surface area (Å²) < 4.78 is 11.3. The fourth-order valence-electron chi connectivity index (χ4n) is 5.07. The molecule has 8 heteroatoms. The Hall–Kier alpha value is -3.62. The van der Waals surface area contributed by atoms with E-state index < -0.39 is 0 Å². The maximum absolute atomic E-state index is 13.2. The molecule has 0 unspecified atom stereocenters. The third kappa shape index (κ3) is 6.21. The van der Waals surface area contributed by atoms with E-state index in [9.17, 15) is 9.59 Å². The molecule has 2 saturated heterocycles. The van der Waals surface area contributed by atoms with Gasteiger partial charge in [0.15, 0.2) is 0 Å². The SMILES string of the molecule is COc1cccc(NC(=O)N2CCO[C@@H](CN3CCCN(C(=O)c4ccc5ccccc5c4)CC3)C2)c1. The van der Waals surface area contributed by atoms with Gasteiger partial charge in [0.2, 0.25) is 0 Å². The average molecular weight is 503 g/mol. The van der Waals surface area contributed by atoms with Crippen molar-refractivity contribution < 1.29 is 19.1 Å². The third-order valence-electron chi connectivity index (χ3n) is 7.08. The Morgan fingerprint density at radius 1 is 0.919 bits per heavy atom. The zero-order chi connectivity index (χ0) is 25.6. The zero-order valence-electron chi connectivity index (χ0n) is 21.3. The number of fused-ring (bicyclic) bond motifs is 1. The van der Waals surface area contributed by atoms with Gasteiger partial charge in [-0.15, -0.1) is 0 Å². The van der Waals surface area contributed by atoms with Gasteiger partial charge in [-0.25, -0.2) is 4.79 Å². The van der Waals surface area contributed by atoms with Crippen LogP contribution in [0.25, 0.3) is 10.8 Å². The molecule has 0 aliphatic carbocycles. The maximum atomic E-state index is 13.2. The average Bonchev–Trinajstić information content (AvgIpc) is 3.18. The molecular weight excluding hydrogens is 468 g/mol. The molecule has 5 rings (SSSR count).